The molecular weight excluding hydrogens is 467 g/mol. The summed E-state index contributed by atoms with van der Waals surface area (Å²) in [4.78, 5) is 4.69. The smallest absolute Gasteiger partial charge is 0.191 e. The minimum atomic E-state index is 0. The second-order valence-corrected chi connectivity index (χ2v) is 6.73. The predicted molar refractivity (Wildman–Crippen MR) is 124 cm³/mol. The van der Waals surface area contributed by atoms with E-state index < -0.39 is 0 Å². The number of nitrogens with one attached hydrogen (secondary N) is 2. The molecule has 1 unspecified atom stereocenters. The van der Waals surface area contributed by atoms with E-state index in [9.17, 15) is 0 Å². The van der Waals surface area contributed by atoms with Crippen LogP contribution in [-0.4, -0.2) is 47.0 Å². The lowest BCUT2D eigenvalue weighted by Gasteiger charge is -2.18. The third-order valence-corrected chi connectivity index (χ3v) is 4.47. The number of aliphatic imine (C=N–C) groups is 1. The van der Waals surface area contributed by atoms with Crippen molar-refractivity contribution in [2.45, 2.75) is 45.7 Å². The SMILES string of the molecule is COCCCNC(=NCc1nnc(C)n1C)NC(C)CCc1ccccc1.I. The van der Waals surface area contributed by atoms with Crippen molar-refractivity contribution >= 4 is 29.9 Å². The molecule has 2 aromatic rings. The van der Waals surface area contributed by atoms with E-state index in [-0.39, 0.29) is 24.0 Å². The summed E-state index contributed by atoms with van der Waals surface area (Å²) in [6, 6.07) is 10.9. The molecule has 2 N–H and O–H groups in total. The normalized spacial score (nSPS) is 12.4. The van der Waals surface area contributed by atoms with E-state index in [0.717, 1.165) is 50.0 Å². The summed E-state index contributed by atoms with van der Waals surface area (Å²) in [6.45, 7) is 6.15. The topological polar surface area (TPSA) is 76.4 Å². The Bertz CT molecular complexity index is 704. The Labute approximate surface area is 185 Å². The second-order valence-electron chi connectivity index (χ2n) is 6.73. The highest BCUT2D eigenvalue weighted by atomic mass is 127. The molecule has 1 aromatic carbocycles. The molecule has 156 valence electrons. The molecule has 1 heterocycles. The fourth-order valence-electron chi connectivity index (χ4n) is 2.65. The van der Waals surface area contributed by atoms with Crippen LogP contribution in [0.4, 0.5) is 0 Å². The number of methoxy groups -OCH3 is 1. The number of halogens is 1. The molecule has 0 amide bonds. The number of benzene rings is 1. The van der Waals surface area contributed by atoms with E-state index >= 15 is 0 Å². The van der Waals surface area contributed by atoms with Gasteiger partial charge in [0, 0.05) is 33.4 Å². The zero-order valence-corrected chi connectivity index (χ0v) is 19.6. The zero-order valence-electron chi connectivity index (χ0n) is 17.3. The highest BCUT2D eigenvalue weighted by Gasteiger charge is 2.08. The van der Waals surface area contributed by atoms with Gasteiger partial charge in [-0.15, -0.1) is 34.2 Å². The Balaban J connectivity index is 0.00000392. The standard InChI is InChI=1S/C20H32N6O.HI/c1-16(11-12-18-9-6-5-7-10-18)23-20(21-13-8-14-27-4)22-15-19-25-24-17(2)26(19)3;/h5-7,9-10,16H,8,11-15H2,1-4H3,(H2,21,22,23);1H. The number of aryl methyl sites for hydroxylation is 2. The van der Waals surface area contributed by atoms with Gasteiger partial charge in [-0.3, -0.25) is 0 Å². The summed E-state index contributed by atoms with van der Waals surface area (Å²) in [5.41, 5.74) is 1.35. The van der Waals surface area contributed by atoms with Crippen LogP contribution in [0.1, 0.15) is 37.0 Å². The van der Waals surface area contributed by atoms with Crippen LogP contribution in [-0.2, 0) is 24.8 Å². The lowest BCUT2D eigenvalue weighted by atomic mass is 10.1. The van der Waals surface area contributed by atoms with Crippen molar-refractivity contribution in [2.75, 3.05) is 20.3 Å². The minimum absolute atomic E-state index is 0. The molecule has 0 fully saturated rings. The number of aromatic nitrogens is 3. The van der Waals surface area contributed by atoms with Crippen LogP contribution < -0.4 is 10.6 Å². The molecule has 0 spiro atoms. The molecule has 7 nitrogen and oxygen atoms in total. The Morgan fingerprint density at radius 2 is 2.00 bits per heavy atom. The molecule has 0 aliphatic carbocycles. The molecule has 28 heavy (non-hydrogen) atoms. The molecule has 0 bridgehead atoms. The van der Waals surface area contributed by atoms with Gasteiger partial charge in [0.1, 0.15) is 12.4 Å². The number of guanidine groups is 1. The van der Waals surface area contributed by atoms with E-state index in [0.29, 0.717) is 12.6 Å². The van der Waals surface area contributed by atoms with Crippen molar-refractivity contribution < 1.29 is 4.74 Å². The number of rotatable bonds is 10. The van der Waals surface area contributed by atoms with Gasteiger partial charge < -0.3 is 19.9 Å². The van der Waals surface area contributed by atoms with Crippen molar-refractivity contribution in [3.05, 3.63) is 47.5 Å². The third-order valence-electron chi connectivity index (χ3n) is 4.47. The average Bonchev–Trinajstić information content (AvgIpc) is 3.00. The Morgan fingerprint density at radius 1 is 1.25 bits per heavy atom. The van der Waals surface area contributed by atoms with Crippen LogP contribution >= 0.6 is 24.0 Å². The fraction of sp³-hybridized carbons (Fsp3) is 0.550. The highest BCUT2D eigenvalue weighted by molar-refractivity contribution is 14.0. The second kappa shape index (κ2) is 13.5. The van der Waals surface area contributed by atoms with Gasteiger partial charge in [0.2, 0.25) is 0 Å². The monoisotopic (exact) mass is 500 g/mol. The first-order chi connectivity index (χ1) is 13.1. The van der Waals surface area contributed by atoms with E-state index in [2.05, 4.69) is 52.0 Å². The maximum Gasteiger partial charge on any atom is 0.191 e. The quantitative estimate of drug-likeness (QED) is 0.227. The van der Waals surface area contributed by atoms with E-state index in [4.69, 9.17) is 9.73 Å². The fourth-order valence-corrected chi connectivity index (χ4v) is 2.65. The van der Waals surface area contributed by atoms with E-state index in [1.807, 2.05) is 24.6 Å². The first kappa shape index (κ1) is 24.4. The first-order valence-corrected chi connectivity index (χ1v) is 9.52. The van der Waals surface area contributed by atoms with Gasteiger partial charge in [-0.05, 0) is 38.7 Å². The van der Waals surface area contributed by atoms with E-state index in [1.165, 1.54) is 5.56 Å². The van der Waals surface area contributed by atoms with Gasteiger partial charge in [0.15, 0.2) is 11.8 Å². The molecule has 0 radical (unpaired) electrons. The molecule has 0 aliphatic rings. The van der Waals surface area contributed by atoms with Gasteiger partial charge in [0.05, 0.1) is 0 Å². The van der Waals surface area contributed by atoms with Gasteiger partial charge >= 0.3 is 0 Å². The van der Waals surface area contributed by atoms with Crippen molar-refractivity contribution in [1.29, 1.82) is 0 Å². The zero-order chi connectivity index (χ0) is 19.5. The van der Waals surface area contributed by atoms with Gasteiger partial charge in [-0.25, -0.2) is 4.99 Å². The molecular formula is C20H33IN6O. The van der Waals surface area contributed by atoms with Crippen LogP contribution in [0.15, 0.2) is 35.3 Å². The average molecular weight is 500 g/mol. The first-order valence-electron chi connectivity index (χ1n) is 9.52. The van der Waals surface area contributed by atoms with Crippen molar-refractivity contribution in [2.24, 2.45) is 12.0 Å². The van der Waals surface area contributed by atoms with Gasteiger partial charge in [0.25, 0.3) is 0 Å². The molecule has 8 heteroatoms. The molecule has 1 aromatic heterocycles. The molecule has 1 atom stereocenters. The third kappa shape index (κ3) is 8.55. The van der Waals surface area contributed by atoms with Crippen molar-refractivity contribution in [3.8, 4) is 0 Å². The van der Waals surface area contributed by atoms with Crippen molar-refractivity contribution in [1.82, 2.24) is 25.4 Å². The Kier molecular flexibility index (Phi) is 11.7. The maximum atomic E-state index is 5.12. The summed E-state index contributed by atoms with van der Waals surface area (Å²) in [7, 11) is 3.68. The van der Waals surface area contributed by atoms with Gasteiger partial charge in [-0.2, -0.15) is 0 Å². The predicted octanol–water partition coefficient (Wildman–Crippen LogP) is 2.83. The van der Waals surface area contributed by atoms with Crippen LogP contribution in [0.5, 0.6) is 0 Å². The largest absolute Gasteiger partial charge is 0.385 e. The summed E-state index contributed by atoms with van der Waals surface area (Å²) in [5.74, 6) is 2.54. The lowest BCUT2D eigenvalue weighted by Crippen LogP contribution is -2.43. The molecule has 0 aliphatic heterocycles. The van der Waals surface area contributed by atoms with Gasteiger partial charge in [-0.1, -0.05) is 30.3 Å². The summed E-state index contributed by atoms with van der Waals surface area (Å²) < 4.78 is 7.08. The molecule has 2 rings (SSSR count). The molecule has 0 saturated heterocycles. The van der Waals surface area contributed by atoms with Crippen LogP contribution in [0.25, 0.3) is 0 Å². The number of nitrogens with zero attached hydrogens (tertiary/aromatic N) is 4. The summed E-state index contributed by atoms with van der Waals surface area (Å²) >= 11 is 0. The van der Waals surface area contributed by atoms with Crippen molar-refractivity contribution in [3.63, 3.8) is 0 Å². The lowest BCUT2D eigenvalue weighted by molar-refractivity contribution is 0.195. The number of ether oxygens (including phenoxy) is 1. The minimum Gasteiger partial charge on any atom is -0.385 e. The Hall–Kier alpha value is -1.68. The molecule has 0 saturated carbocycles. The number of hydrogen-bond acceptors (Lipinski definition) is 4. The van der Waals surface area contributed by atoms with Crippen LogP contribution in [0.3, 0.4) is 0 Å². The van der Waals surface area contributed by atoms with E-state index in [1.54, 1.807) is 7.11 Å². The summed E-state index contributed by atoms with van der Waals surface area (Å²) in [5, 5.41) is 15.2. The number of hydrogen-bond donors (Lipinski definition) is 2. The highest BCUT2D eigenvalue weighted by Crippen LogP contribution is 2.05. The van der Waals surface area contributed by atoms with Crippen LogP contribution in [0.2, 0.25) is 0 Å². The van der Waals surface area contributed by atoms with Crippen LogP contribution in [0, 0.1) is 6.92 Å². The Morgan fingerprint density at radius 3 is 2.64 bits per heavy atom. The summed E-state index contributed by atoms with van der Waals surface area (Å²) in [6.07, 6.45) is 3.00. The maximum absolute atomic E-state index is 5.12.